The number of rotatable bonds is 7. The van der Waals surface area contributed by atoms with E-state index >= 15 is 0 Å². The van der Waals surface area contributed by atoms with E-state index < -0.39 is 5.79 Å². The lowest BCUT2D eigenvalue weighted by molar-refractivity contribution is -0.152. The fraction of sp³-hybridized carbons (Fsp3) is 0.824. The number of carbonyl (C=O) groups is 1. The Labute approximate surface area is 127 Å². The van der Waals surface area contributed by atoms with Crippen LogP contribution in [0.1, 0.15) is 59.3 Å². The Bertz CT molecular complexity index is 359. The van der Waals surface area contributed by atoms with Gasteiger partial charge in [-0.2, -0.15) is 0 Å². The molecule has 2 aliphatic rings. The molecule has 120 valence electrons. The molecule has 21 heavy (non-hydrogen) atoms. The summed E-state index contributed by atoms with van der Waals surface area (Å²) in [5, 5.41) is 0. The van der Waals surface area contributed by atoms with E-state index in [0.29, 0.717) is 12.5 Å². The van der Waals surface area contributed by atoms with Gasteiger partial charge in [0.2, 0.25) is 0 Å². The lowest BCUT2D eigenvalue weighted by Gasteiger charge is -2.19. The first-order chi connectivity index (χ1) is 10.00. The molecule has 1 saturated carbocycles. The van der Waals surface area contributed by atoms with Crippen molar-refractivity contribution in [3.8, 4) is 0 Å². The van der Waals surface area contributed by atoms with E-state index in [1.165, 1.54) is 12.8 Å². The summed E-state index contributed by atoms with van der Waals surface area (Å²) in [6, 6.07) is 0. The van der Waals surface area contributed by atoms with Crippen molar-refractivity contribution in [3.63, 3.8) is 0 Å². The minimum atomic E-state index is -0.457. The average Bonchev–Trinajstić information content (AvgIpc) is 2.89. The van der Waals surface area contributed by atoms with E-state index in [9.17, 15) is 4.79 Å². The van der Waals surface area contributed by atoms with Gasteiger partial charge >= 0.3 is 5.97 Å². The zero-order valence-electron chi connectivity index (χ0n) is 13.5. The summed E-state index contributed by atoms with van der Waals surface area (Å²) in [5.41, 5.74) is 0. The van der Waals surface area contributed by atoms with Gasteiger partial charge in [-0.1, -0.05) is 32.3 Å². The Balaban J connectivity index is 1.63. The Morgan fingerprint density at radius 1 is 1.19 bits per heavy atom. The van der Waals surface area contributed by atoms with Crippen LogP contribution in [0.25, 0.3) is 0 Å². The Morgan fingerprint density at radius 3 is 2.48 bits per heavy atom. The summed E-state index contributed by atoms with van der Waals surface area (Å²) in [6.45, 7) is 6.60. The van der Waals surface area contributed by atoms with Crippen molar-refractivity contribution in [2.45, 2.75) is 77.3 Å². The molecule has 4 nitrogen and oxygen atoms in total. The maximum Gasteiger partial charge on any atom is 0.330 e. The molecule has 0 aromatic heterocycles. The smallest absolute Gasteiger partial charge is 0.330 e. The quantitative estimate of drug-likeness (QED) is 0.409. The van der Waals surface area contributed by atoms with Crippen molar-refractivity contribution in [1.82, 2.24) is 0 Å². The fourth-order valence-corrected chi connectivity index (χ4v) is 3.12. The molecule has 0 aromatic rings. The van der Waals surface area contributed by atoms with Gasteiger partial charge in [-0.25, -0.2) is 4.79 Å². The molecule has 0 amide bonds. The molecule has 0 bridgehead atoms. The first-order valence-electron chi connectivity index (χ1n) is 8.21. The first kappa shape index (κ1) is 16.5. The van der Waals surface area contributed by atoms with Crippen LogP contribution in [-0.4, -0.2) is 30.6 Å². The summed E-state index contributed by atoms with van der Waals surface area (Å²) >= 11 is 0. The molecule has 1 aliphatic carbocycles. The van der Waals surface area contributed by atoms with E-state index in [2.05, 4.69) is 6.92 Å². The Hall–Kier alpha value is -0.870. The van der Waals surface area contributed by atoms with Gasteiger partial charge in [0, 0.05) is 6.08 Å². The van der Waals surface area contributed by atoms with Gasteiger partial charge in [0.1, 0.15) is 0 Å². The van der Waals surface area contributed by atoms with E-state index in [1.54, 1.807) is 6.08 Å². The third-order valence-corrected chi connectivity index (χ3v) is 4.10. The second kappa shape index (κ2) is 7.41. The topological polar surface area (TPSA) is 44.8 Å². The molecule has 1 aliphatic heterocycles. The second-order valence-corrected chi connectivity index (χ2v) is 6.53. The molecule has 0 aromatic carbocycles. The number of hydrogen-bond donors (Lipinski definition) is 0. The standard InChI is InChI=1S/C17H28O4/c1-4-5-6-7-10-19-16(18)9-8-13-11-14-15(12-13)21-17(2,3)20-14/h8-9,13-15H,4-7,10-12H2,1-3H3/b9-8+/t13?,14-,15+. The van der Waals surface area contributed by atoms with E-state index in [0.717, 1.165) is 25.7 Å². The zero-order valence-corrected chi connectivity index (χ0v) is 13.5. The van der Waals surface area contributed by atoms with Crippen LogP contribution in [-0.2, 0) is 19.0 Å². The summed E-state index contributed by atoms with van der Waals surface area (Å²) in [6.07, 6.45) is 10.2. The molecule has 3 atom stereocenters. The van der Waals surface area contributed by atoms with Crippen LogP contribution in [0, 0.1) is 5.92 Å². The van der Waals surface area contributed by atoms with E-state index in [1.807, 2.05) is 19.9 Å². The molecule has 0 spiro atoms. The number of unbranched alkanes of at least 4 members (excludes halogenated alkanes) is 3. The van der Waals surface area contributed by atoms with Gasteiger partial charge in [0.25, 0.3) is 0 Å². The van der Waals surface area contributed by atoms with Crippen LogP contribution < -0.4 is 0 Å². The van der Waals surface area contributed by atoms with Gasteiger partial charge in [0.05, 0.1) is 18.8 Å². The highest BCUT2D eigenvalue weighted by Gasteiger charge is 2.46. The molecule has 0 N–H and O–H groups in total. The normalized spacial score (nSPS) is 30.7. The maximum atomic E-state index is 11.6. The van der Waals surface area contributed by atoms with Crippen LogP contribution in [0.2, 0.25) is 0 Å². The van der Waals surface area contributed by atoms with Gasteiger partial charge in [-0.3, -0.25) is 0 Å². The highest BCUT2D eigenvalue weighted by atomic mass is 16.8. The summed E-state index contributed by atoms with van der Waals surface area (Å²) in [4.78, 5) is 11.6. The van der Waals surface area contributed by atoms with Crippen molar-refractivity contribution in [2.75, 3.05) is 6.61 Å². The predicted octanol–water partition coefficient (Wildman–Crippen LogP) is 3.60. The summed E-state index contributed by atoms with van der Waals surface area (Å²) in [5.74, 6) is -0.337. The van der Waals surface area contributed by atoms with Crippen molar-refractivity contribution < 1.29 is 19.0 Å². The number of carbonyl (C=O) groups excluding carboxylic acids is 1. The molecule has 2 fully saturated rings. The van der Waals surface area contributed by atoms with E-state index in [4.69, 9.17) is 14.2 Å². The second-order valence-electron chi connectivity index (χ2n) is 6.53. The Morgan fingerprint density at radius 2 is 1.86 bits per heavy atom. The number of fused-ring (bicyclic) bond motifs is 1. The van der Waals surface area contributed by atoms with Gasteiger partial charge < -0.3 is 14.2 Å². The van der Waals surface area contributed by atoms with Gasteiger partial charge in [-0.15, -0.1) is 0 Å². The lowest BCUT2D eigenvalue weighted by atomic mass is 10.1. The van der Waals surface area contributed by atoms with Crippen LogP contribution >= 0.6 is 0 Å². The monoisotopic (exact) mass is 296 g/mol. The van der Waals surface area contributed by atoms with Gasteiger partial charge in [-0.05, 0) is 39.0 Å². The van der Waals surface area contributed by atoms with Crippen LogP contribution in [0.4, 0.5) is 0 Å². The number of ether oxygens (including phenoxy) is 3. The highest BCUT2D eigenvalue weighted by molar-refractivity contribution is 5.81. The third kappa shape index (κ3) is 5.11. The molecule has 2 rings (SSSR count). The SMILES string of the molecule is CCCCCCOC(=O)/C=C/C1C[C@@H]2OC(C)(C)O[C@@H]2C1. The molecule has 0 radical (unpaired) electrons. The van der Waals surface area contributed by atoms with Gasteiger partial charge in [0.15, 0.2) is 5.79 Å². The molecule has 1 heterocycles. The molecule has 1 saturated heterocycles. The zero-order chi connectivity index (χ0) is 15.3. The number of esters is 1. The molecular formula is C17H28O4. The first-order valence-corrected chi connectivity index (χ1v) is 8.21. The number of allylic oxidation sites excluding steroid dienone is 1. The van der Waals surface area contributed by atoms with Crippen LogP contribution in [0.5, 0.6) is 0 Å². The van der Waals surface area contributed by atoms with Crippen molar-refractivity contribution in [3.05, 3.63) is 12.2 Å². The minimum absolute atomic E-state index is 0.166. The molecule has 4 heteroatoms. The predicted molar refractivity (Wildman–Crippen MR) is 80.8 cm³/mol. The van der Waals surface area contributed by atoms with Crippen LogP contribution in [0.15, 0.2) is 12.2 Å². The largest absolute Gasteiger partial charge is 0.463 e. The lowest BCUT2D eigenvalue weighted by Crippen LogP contribution is -2.22. The summed E-state index contributed by atoms with van der Waals surface area (Å²) in [7, 11) is 0. The number of hydrogen-bond acceptors (Lipinski definition) is 4. The van der Waals surface area contributed by atoms with Crippen molar-refractivity contribution >= 4 is 5.97 Å². The fourth-order valence-electron chi connectivity index (χ4n) is 3.12. The van der Waals surface area contributed by atoms with Crippen LogP contribution in [0.3, 0.4) is 0 Å². The maximum absolute atomic E-state index is 11.6. The van der Waals surface area contributed by atoms with Crippen molar-refractivity contribution in [2.24, 2.45) is 5.92 Å². The Kier molecular flexibility index (Phi) is 5.82. The van der Waals surface area contributed by atoms with E-state index in [-0.39, 0.29) is 18.2 Å². The average molecular weight is 296 g/mol. The highest BCUT2D eigenvalue weighted by Crippen LogP contribution is 2.41. The summed E-state index contributed by atoms with van der Waals surface area (Å²) < 4.78 is 16.9. The van der Waals surface area contributed by atoms with Crippen molar-refractivity contribution in [1.29, 1.82) is 0 Å². The minimum Gasteiger partial charge on any atom is -0.463 e. The third-order valence-electron chi connectivity index (χ3n) is 4.10. The molecular weight excluding hydrogens is 268 g/mol. The molecule has 1 unspecified atom stereocenters.